The van der Waals surface area contributed by atoms with Gasteiger partial charge in [0.2, 0.25) is 0 Å². The first-order chi connectivity index (χ1) is 10.8. The third-order valence-corrected chi connectivity index (χ3v) is 7.35. The van der Waals surface area contributed by atoms with Crippen LogP contribution in [0.25, 0.3) is 0 Å². The van der Waals surface area contributed by atoms with E-state index in [4.69, 9.17) is 4.74 Å². The van der Waals surface area contributed by atoms with Crippen LogP contribution in [0, 0.1) is 0 Å². The van der Waals surface area contributed by atoms with E-state index in [0.717, 1.165) is 5.69 Å². The summed E-state index contributed by atoms with van der Waals surface area (Å²) in [5.41, 5.74) is 1.47. The maximum absolute atomic E-state index is 11.9. The number of carbonyl (C=O) groups is 1. The highest BCUT2D eigenvalue weighted by Gasteiger charge is 2.22. The summed E-state index contributed by atoms with van der Waals surface area (Å²) >= 11 is 5.71. The second kappa shape index (κ2) is 7.43. The first-order valence-corrected chi connectivity index (χ1v) is 10.1. The molecule has 8 heteroatoms. The van der Waals surface area contributed by atoms with Crippen molar-refractivity contribution < 1.29 is 9.53 Å². The smallest absolute Gasteiger partial charge is 0.343 e. The van der Waals surface area contributed by atoms with Crippen LogP contribution in [0.4, 0.5) is 11.5 Å². The summed E-state index contributed by atoms with van der Waals surface area (Å²) in [7, 11) is 0. The Bertz CT molecular complexity index is 635. The maximum atomic E-state index is 11.9. The van der Waals surface area contributed by atoms with Crippen molar-refractivity contribution in [2.24, 2.45) is 0 Å². The summed E-state index contributed by atoms with van der Waals surface area (Å²) in [6, 6.07) is 2.05. The van der Waals surface area contributed by atoms with E-state index >= 15 is 0 Å². The van der Waals surface area contributed by atoms with Gasteiger partial charge in [0.05, 0.1) is 28.0 Å². The molecule has 3 heterocycles. The molecule has 5 nitrogen and oxygen atoms in total. The Morgan fingerprint density at radius 2 is 2.32 bits per heavy atom. The van der Waals surface area contributed by atoms with Crippen LogP contribution in [-0.4, -0.2) is 34.3 Å². The van der Waals surface area contributed by atoms with E-state index in [9.17, 15) is 4.79 Å². The number of esters is 1. The maximum Gasteiger partial charge on any atom is 0.343 e. The molecular formula is C14H17N3O2S3. The molecule has 2 aromatic rings. The quantitative estimate of drug-likeness (QED) is 0.781. The number of carbonyl (C=O) groups excluding carboxylic acids is 1. The number of rotatable bonds is 5. The first kappa shape index (κ1) is 15.8. The van der Waals surface area contributed by atoms with Gasteiger partial charge in [0.1, 0.15) is 11.4 Å². The number of thiophene rings is 1. The van der Waals surface area contributed by atoms with E-state index in [1.807, 2.05) is 29.6 Å². The van der Waals surface area contributed by atoms with Gasteiger partial charge in [-0.1, -0.05) is 0 Å². The van der Waals surface area contributed by atoms with Crippen LogP contribution in [0.15, 0.2) is 17.6 Å². The molecule has 118 valence electrons. The Morgan fingerprint density at radius 3 is 3.09 bits per heavy atom. The van der Waals surface area contributed by atoms with E-state index in [1.165, 1.54) is 29.0 Å². The summed E-state index contributed by atoms with van der Waals surface area (Å²) in [5, 5.41) is 12.2. The summed E-state index contributed by atoms with van der Waals surface area (Å²) in [6.07, 6.45) is 2.77. The van der Waals surface area contributed by atoms with E-state index in [1.54, 1.807) is 18.3 Å². The second-order valence-electron chi connectivity index (χ2n) is 4.63. The molecule has 0 spiro atoms. The van der Waals surface area contributed by atoms with Gasteiger partial charge in [-0.05, 0) is 36.3 Å². The van der Waals surface area contributed by atoms with E-state index in [2.05, 4.69) is 20.9 Å². The fourth-order valence-corrected chi connectivity index (χ4v) is 6.33. The van der Waals surface area contributed by atoms with Gasteiger partial charge in [-0.15, -0.1) is 34.9 Å². The van der Waals surface area contributed by atoms with Crippen LogP contribution in [0.1, 0.15) is 33.2 Å². The zero-order valence-corrected chi connectivity index (χ0v) is 14.6. The standard InChI is InChI=1S/C14H17N3O2S3/c1-2-19-13(18)9-8-15-17-12(9)16-10-4-7-20-11(10)14-21-5-3-6-22-14/h4,7-8,14H,2-3,5-6H2,1H3,(H2,15,16,17). The Kier molecular flexibility index (Phi) is 5.32. The molecule has 3 rings (SSSR count). The van der Waals surface area contributed by atoms with Crippen molar-refractivity contribution in [3.05, 3.63) is 28.1 Å². The number of ether oxygens (including phenoxy) is 1. The van der Waals surface area contributed by atoms with Crippen LogP contribution in [0.5, 0.6) is 0 Å². The van der Waals surface area contributed by atoms with Crippen LogP contribution in [-0.2, 0) is 4.74 Å². The number of nitrogens with one attached hydrogen (secondary N) is 2. The van der Waals surface area contributed by atoms with Crippen LogP contribution in [0.2, 0.25) is 0 Å². The predicted molar refractivity (Wildman–Crippen MR) is 94.4 cm³/mol. The molecule has 0 radical (unpaired) electrons. The van der Waals surface area contributed by atoms with Gasteiger partial charge in [0, 0.05) is 0 Å². The number of anilines is 2. The molecule has 0 aliphatic carbocycles. The van der Waals surface area contributed by atoms with Crippen molar-refractivity contribution in [2.45, 2.75) is 17.9 Å². The molecule has 1 saturated heterocycles. The van der Waals surface area contributed by atoms with E-state index in [-0.39, 0.29) is 5.97 Å². The Labute approximate surface area is 141 Å². The SMILES string of the molecule is CCOC(=O)c1cn[nH]c1Nc1ccsc1C1SCCCS1. The second-order valence-corrected chi connectivity index (χ2v) is 8.30. The largest absolute Gasteiger partial charge is 0.462 e. The molecule has 0 unspecified atom stereocenters. The van der Waals surface area contributed by atoms with Gasteiger partial charge in [0.15, 0.2) is 0 Å². The molecule has 1 aliphatic heterocycles. The number of H-pyrrole nitrogens is 1. The molecular weight excluding hydrogens is 338 g/mol. The molecule has 0 aromatic carbocycles. The zero-order chi connectivity index (χ0) is 15.4. The number of thioether (sulfide) groups is 2. The van der Waals surface area contributed by atoms with Crippen LogP contribution < -0.4 is 5.32 Å². The minimum Gasteiger partial charge on any atom is -0.462 e. The lowest BCUT2D eigenvalue weighted by Gasteiger charge is -2.21. The van der Waals surface area contributed by atoms with Crippen molar-refractivity contribution in [3.63, 3.8) is 0 Å². The summed E-state index contributed by atoms with van der Waals surface area (Å²) in [5.74, 6) is 2.63. The summed E-state index contributed by atoms with van der Waals surface area (Å²) in [4.78, 5) is 13.2. The summed E-state index contributed by atoms with van der Waals surface area (Å²) < 4.78 is 5.51. The zero-order valence-electron chi connectivity index (χ0n) is 12.1. The molecule has 22 heavy (non-hydrogen) atoms. The minimum absolute atomic E-state index is 0.350. The highest BCUT2D eigenvalue weighted by atomic mass is 32.2. The Morgan fingerprint density at radius 1 is 1.50 bits per heavy atom. The lowest BCUT2D eigenvalue weighted by atomic mass is 10.3. The average Bonchev–Trinajstić information content (AvgIpc) is 3.18. The fraction of sp³-hybridized carbons (Fsp3) is 0.429. The molecule has 1 fully saturated rings. The molecule has 2 N–H and O–H groups in total. The van der Waals surface area contributed by atoms with Gasteiger partial charge < -0.3 is 10.1 Å². The van der Waals surface area contributed by atoms with Crippen LogP contribution in [0.3, 0.4) is 0 Å². The van der Waals surface area contributed by atoms with Crippen molar-refractivity contribution in [3.8, 4) is 0 Å². The topological polar surface area (TPSA) is 67.0 Å². The van der Waals surface area contributed by atoms with Gasteiger partial charge in [-0.25, -0.2) is 4.79 Å². The number of aromatic nitrogens is 2. The lowest BCUT2D eigenvalue weighted by Crippen LogP contribution is -2.07. The van der Waals surface area contributed by atoms with Gasteiger partial charge in [-0.2, -0.15) is 5.10 Å². The average molecular weight is 356 g/mol. The third-order valence-electron chi connectivity index (χ3n) is 3.13. The highest BCUT2D eigenvalue weighted by molar-refractivity contribution is 8.17. The van der Waals surface area contributed by atoms with Gasteiger partial charge in [0.25, 0.3) is 0 Å². The van der Waals surface area contributed by atoms with Gasteiger partial charge >= 0.3 is 5.97 Å². The molecule has 0 bridgehead atoms. The van der Waals surface area contributed by atoms with Crippen molar-refractivity contribution in [1.29, 1.82) is 0 Å². The van der Waals surface area contributed by atoms with Crippen molar-refractivity contribution in [2.75, 3.05) is 23.4 Å². The number of hydrogen-bond acceptors (Lipinski definition) is 7. The van der Waals surface area contributed by atoms with Gasteiger partial charge in [-0.3, -0.25) is 5.10 Å². The number of aromatic amines is 1. The van der Waals surface area contributed by atoms with E-state index < -0.39 is 0 Å². The van der Waals surface area contributed by atoms with Crippen molar-refractivity contribution >= 4 is 52.3 Å². The highest BCUT2D eigenvalue weighted by Crippen LogP contribution is 2.48. The third kappa shape index (κ3) is 3.44. The minimum atomic E-state index is -0.364. The van der Waals surface area contributed by atoms with Crippen molar-refractivity contribution in [1.82, 2.24) is 10.2 Å². The Balaban J connectivity index is 1.78. The van der Waals surface area contributed by atoms with Crippen LogP contribution >= 0.6 is 34.9 Å². The fourth-order valence-electron chi connectivity index (χ4n) is 2.13. The number of nitrogens with zero attached hydrogens (tertiary/aromatic N) is 1. The summed E-state index contributed by atoms with van der Waals surface area (Å²) in [6.45, 7) is 2.14. The normalized spacial score (nSPS) is 15.7. The molecule has 1 aliphatic rings. The molecule has 0 saturated carbocycles. The first-order valence-electron chi connectivity index (χ1n) is 7.07. The molecule has 2 aromatic heterocycles. The predicted octanol–water partition coefficient (Wildman–Crippen LogP) is 4.26. The lowest BCUT2D eigenvalue weighted by molar-refractivity contribution is 0.0527. The molecule has 0 atom stereocenters. The molecule has 0 amide bonds. The van der Waals surface area contributed by atoms with E-state index in [0.29, 0.717) is 22.6 Å². The Hall–Kier alpha value is -1.12. The number of hydrogen-bond donors (Lipinski definition) is 2. The monoisotopic (exact) mass is 355 g/mol.